The van der Waals surface area contributed by atoms with Crippen molar-refractivity contribution >= 4 is 81.1 Å². The quantitative estimate of drug-likeness (QED) is 0.156. The van der Waals surface area contributed by atoms with Crippen LogP contribution in [0.15, 0.2) is 231 Å². The molecular weight excluding hydrogens is 757 g/mol. The number of aromatic nitrogens is 1. The summed E-state index contributed by atoms with van der Waals surface area (Å²) in [5.74, 6) is 0. The van der Waals surface area contributed by atoms with Crippen LogP contribution in [0.3, 0.4) is 0 Å². The first-order chi connectivity index (χ1) is 30.2. The molecule has 12 aromatic rings. The lowest BCUT2D eigenvalue weighted by molar-refractivity contribution is 1.20. The Hall–Kier alpha value is -7.72. The molecule has 2 heterocycles. The fourth-order valence-electron chi connectivity index (χ4n) is 9.20. The number of rotatable bonds is 7. The number of hydrogen-bond acceptors (Lipinski definition) is 2. The van der Waals surface area contributed by atoms with Crippen molar-refractivity contribution < 1.29 is 0 Å². The van der Waals surface area contributed by atoms with Gasteiger partial charge in [-0.25, -0.2) is 0 Å². The van der Waals surface area contributed by atoms with Gasteiger partial charge < -0.3 is 9.47 Å². The summed E-state index contributed by atoms with van der Waals surface area (Å²) < 4.78 is 5.09. The van der Waals surface area contributed by atoms with Gasteiger partial charge in [-0.15, -0.1) is 11.3 Å². The molecule has 0 N–H and O–H groups in total. The van der Waals surface area contributed by atoms with Gasteiger partial charge in [-0.3, -0.25) is 0 Å². The van der Waals surface area contributed by atoms with Gasteiger partial charge in [-0.1, -0.05) is 158 Å². The molecule has 2 nitrogen and oxygen atoms in total. The Morgan fingerprint density at radius 1 is 0.311 bits per heavy atom. The van der Waals surface area contributed by atoms with Crippen LogP contribution in [0.2, 0.25) is 0 Å². The van der Waals surface area contributed by atoms with Crippen LogP contribution in [-0.4, -0.2) is 4.57 Å². The van der Waals surface area contributed by atoms with Gasteiger partial charge in [0.2, 0.25) is 0 Å². The molecule has 61 heavy (non-hydrogen) atoms. The SMILES string of the molecule is c1ccc(-c2ccc(N(c3ccc(-c4cccc(-c5ccc6c(c5)c5ccccc5n6-c5cccc6c5sc5ccccc56)c4)cc3)c3ccc4ccccc4c3)cc2)cc1. The van der Waals surface area contributed by atoms with E-state index in [-0.39, 0.29) is 0 Å². The highest BCUT2D eigenvalue weighted by Gasteiger charge is 2.18. The van der Waals surface area contributed by atoms with Crippen molar-refractivity contribution in [3.8, 4) is 39.1 Å². The lowest BCUT2D eigenvalue weighted by Gasteiger charge is -2.26. The third-order valence-corrected chi connectivity index (χ3v) is 13.4. The van der Waals surface area contributed by atoms with Crippen molar-refractivity contribution in [1.29, 1.82) is 0 Å². The molecule has 0 unspecified atom stereocenters. The zero-order chi connectivity index (χ0) is 40.3. The average molecular weight is 795 g/mol. The normalized spacial score (nSPS) is 11.6. The van der Waals surface area contributed by atoms with Gasteiger partial charge in [0.15, 0.2) is 0 Å². The van der Waals surface area contributed by atoms with Crippen molar-refractivity contribution in [2.24, 2.45) is 0 Å². The van der Waals surface area contributed by atoms with Crippen LogP contribution in [0.25, 0.3) is 91.8 Å². The van der Waals surface area contributed by atoms with E-state index in [0.29, 0.717) is 0 Å². The van der Waals surface area contributed by atoms with Gasteiger partial charge in [0, 0.05) is 43.3 Å². The van der Waals surface area contributed by atoms with Crippen molar-refractivity contribution in [2.45, 2.75) is 0 Å². The molecular formula is C58H38N2S. The first kappa shape index (κ1) is 35.2. The van der Waals surface area contributed by atoms with Crippen molar-refractivity contribution in [3.63, 3.8) is 0 Å². The van der Waals surface area contributed by atoms with Crippen LogP contribution in [0.4, 0.5) is 17.1 Å². The first-order valence-corrected chi connectivity index (χ1v) is 21.6. The molecule has 0 atom stereocenters. The van der Waals surface area contributed by atoms with Gasteiger partial charge in [-0.05, 0) is 117 Å². The van der Waals surface area contributed by atoms with Crippen LogP contribution >= 0.6 is 11.3 Å². The predicted octanol–water partition coefficient (Wildman–Crippen LogP) is 16.8. The summed E-state index contributed by atoms with van der Waals surface area (Å²) in [7, 11) is 0. The molecule has 12 rings (SSSR count). The number of nitrogens with zero attached hydrogens (tertiary/aromatic N) is 2. The fourth-order valence-corrected chi connectivity index (χ4v) is 10.4. The van der Waals surface area contributed by atoms with E-state index in [0.717, 1.165) is 17.1 Å². The minimum atomic E-state index is 1.11. The van der Waals surface area contributed by atoms with E-state index in [9.17, 15) is 0 Å². The minimum Gasteiger partial charge on any atom is -0.310 e. The highest BCUT2D eigenvalue weighted by Crippen LogP contribution is 2.42. The Bertz CT molecular complexity index is 3580. The smallest absolute Gasteiger partial charge is 0.0640 e. The number of fused-ring (bicyclic) bond motifs is 7. The first-order valence-electron chi connectivity index (χ1n) is 20.8. The third-order valence-electron chi connectivity index (χ3n) is 12.2. The molecule has 10 aromatic carbocycles. The van der Waals surface area contributed by atoms with Gasteiger partial charge in [0.05, 0.1) is 21.4 Å². The van der Waals surface area contributed by atoms with Crippen LogP contribution < -0.4 is 4.90 Å². The highest BCUT2D eigenvalue weighted by atomic mass is 32.1. The van der Waals surface area contributed by atoms with E-state index >= 15 is 0 Å². The molecule has 2 aromatic heterocycles. The summed E-state index contributed by atoms with van der Waals surface area (Å²) in [6.45, 7) is 0. The lowest BCUT2D eigenvalue weighted by atomic mass is 9.97. The largest absolute Gasteiger partial charge is 0.310 e. The molecule has 3 heteroatoms. The number of thiophene rings is 1. The number of para-hydroxylation sites is 1. The van der Waals surface area contributed by atoms with Crippen LogP contribution in [0, 0.1) is 0 Å². The van der Waals surface area contributed by atoms with Crippen molar-refractivity contribution in [3.05, 3.63) is 231 Å². The fraction of sp³-hybridized carbons (Fsp3) is 0. The van der Waals surface area contributed by atoms with Crippen LogP contribution in [0.5, 0.6) is 0 Å². The van der Waals surface area contributed by atoms with Crippen molar-refractivity contribution in [1.82, 2.24) is 4.57 Å². The molecule has 0 amide bonds. The molecule has 0 aliphatic heterocycles. The predicted molar refractivity (Wildman–Crippen MR) is 262 cm³/mol. The van der Waals surface area contributed by atoms with E-state index in [2.05, 4.69) is 240 Å². The van der Waals surface area contributed by atoms with E-state index in [1.54, 1.807) is 0 Å². The van der Waals surface area contributed by atoms with Gasteiger partial charge in [-0.2, -0.15) is 0 Å². The van der Waals surface area contributed by atoms with E-state index in [4.69, 9.17) is 0 Å². The summed E-state index contributed by atoms with van der Waals surface area (Å²) >= 11 is 1.88. The molecule has 0 radical (unpaired) electrons. The summed E-state index contributed by atoms with van der Waals surface area (Å²) in [4.78, 5) is 2.36. The Morgan fingerprint density at radius 3 is 1.66 bits per heavy atom. The maximum atomic E-state index is 2.46. The maximum absolute atomic E-state index is 2.46. The molecule has 0 fully saturated rings. The molecule has 0 spiro atoms. The summed E-state index contributed by atoms with van der Waals surface area (Å²) in [6, 6.07) is 84.1. The summed E-state index contributed by atoms with van der Waals surface area (Å²) in [5, 5.41) is 7.59. The third kappa shape index (κ3) is 6.09. The van der Waals surface area contributed by atoms with Gasteiger partial charge in [0.1, 0.15) is 0 Å². The lowest BCUT2D eigenvalue weighted by Crippen LogP contribution is -2.09. The maximum Gasteiger partial charge on any atom is 0.0640 e. The Morgan fingerprint density at radius 2 is 0.852 bits per heavy atom. The number of anilines is 3. The zero-order valence-corrected chi connectivity index (χ0v) is 34.1. The Balaban J connectivity index is 0.911. The standard InChI is InChI=1S/C58H38N2S/c1-2-12-39(13-3-1)41-24-30-47(31-25-41)59(49-34-28-40-14-4-5-15-45(40)37-49)48-32-26-42(27-33-48)43-16-10-17-44(36-43)46-29-35-55-53(38-46)50-18-6-8-21-54(50)60(55)56-22-11-20-52-51-19-7-9-23-57(51)61-58(52)56/h1-38H. The molecule has 0 aliphatic carbocycles. The number of hydrogen-bond donors (Lipinski definition) is 0. The Labute approximate surface area is 358 Å². The highest BCUT2D eigenvalue weighted by molar-refractivity contribution is 7.26. The molecule has 0 saturated heterocycles. The second-order valence-corrected chi connectivity index (χ2v) is 16.8. The summed E-state index contributed by atoms with van der Waals surface area (Å²) in [6.07, 6.45) is 0. The van der Waals surface area contributed by atoms with Gasteiger partial charge >= 0.3 is 0 Å². The average Bonchev–Trinajstić information content (AvgIpc) is 3.88. The van der Waals surface area contributed by atoms with E-state index < -0.39 is 0 Å². The molecule has 0 bridgehead atoms. The summed E-state index contributed by atoms with van der Waals surface area (Å²) in [5.41, 5.74) is 14.2. The number of benzene rings is 10. The second kappa shape index (κ2) is 14.5. The van der Waals surface area contributed by atoms with E-state index in [1.165, 1.54) is 91.8 Å². The van der Waals surface area contributed by atoms with Crippen LogP contribution in [-0.2, 0) is 0 Å². The van der Waals surface area contributed by atoms with Crippen LogP contribution in [0.1, 0.15) is 0 Å². The minimum absolute atomic E-state index is 1.11. The molecule has 286 valence electrons. The second-order valence-electron chi connectivity index (χ2n) is 15.7. The van der Waals surface area contributed by atoms with Gasteiger partial charge in [0.25, 0.3) is 0 Å². The Kier molecular flexibility index (Phi) is 8.39. The monoisotopic (exact) mass is 794 g/mol. The van der Waals surface area contributed by atoms with E-state index in [1.807, 2.05) is 11.3 Å². The molecule has 0 saturated carbocycles. The topological polar surface area (TPSA) is 8.17 Å². The molecule has 0 aliphatic rings. The zero-order valence-electron chi connectivity index (χ0n) is 33.2. The van der Waals surface area contributed by atoms with Crippen molar-refractivity contribution in [2.75, 3.05) is 4.90 Å².